The number of carbonyl (C=O) groups excluding carboxylic acids is 4. The number of fused-ring (bicyclic) bond motifs is 2. The molecule has 0 saturated heterocycles. The van der Waals surface area contributed by atoms with Gasteiger partial charge in [-0.1, -0.05) is 36.0 Å². The van der Waals surface area contributed by atoms with Crippen molar-refractivity contribution >= 4 is 58.5 Å². The van der Waals surface area contributed by atoms with Gasteiger partial charge in [-0.25, -0.2) is 9.97 Å². The highest BCUT2D eigenvalue weighted by Crippen LogP contribution is 2.37. The van der Waals surface area contributed by atoms with Gasteiger partial charge in [0, 0.05) is 124 Å². The van der Waals surface area contributed by atoms with Crippen LogP contribution in [0.3, 0.4) is 0 Å². The van der Waals surface area contributed by atoms with E-state index in [1.54, 1.807) is 26.6 Å². The molecule has 6 atom stereocenters. The summed E-state index contributed by atoms with van der Waals surface area (Å²) >= 11 is 12.9. The number of aromatic nitrogens is 6. The fraction of sp³-hybridized carbons (Fsp3) is 0.545. The molecule has 2 fully saturated rings. The van der Waals surface area contributed by atoms with Crippen LogP contribution in [0, 0.1) is 11.8 Å². The van der Waals surface area contributed by atoms with Crippen LogP contribution in [0.15, 0.2) is 36.9 Å². The molecule has 0 aromatic carbocycles. The first-order chi connectivity index (χ1) is 29.9. The van der Waals surface area contributed by atoms with Crippen LogP contribution < -0.4 is 21.3 Å². The summed E-state index contributed by atoms with van der Waals surface area (Å²) in [7, 11) is 3.45. The molecule has 2 unspecified atom stereocenters. The lowest BCUT2D eigenvalue weighted by molar-refractivity contribution is -0.123. The highest BCUT2D eigenvalue weighted by atomic mass is 35.5. The Hall–Kier alpha value is -4.90. The molecule has 0 bridgehead atoms. The number of hydrogen-bond acceptors (Lipinski definition) is 10. The van der Waals surface area contributed by atoms with Gasteiger partial charge in [-0.05, 0) is 63.5 Å². The van der Waals surface area contributed by atoms with Crippen molar-refractivity contribution in [3.05, 3.63) is 58.4 Å². The number of halogens is 2. The number of carbonyl (C=O) groups is 4. The van der Waals surface area contributed by atoms with E-state index in [-0.39, 0.29) is 59.8 Å². The van der Waals surface area contributed by atoms with Crippen LogP contribution in [0.5, 0.6) is 0 Å². The van der Waals surface area contributed by atoms with E-state index >= 15 is 0 Å². The average molecular weight is 892 g/mol. The van der Waals surface area contributed by atoms with E-state index in [1.165, 1.54) is 13.8 Å². The molecule has 4 aliphatic rings. The summed E-state index contributed by atoms with van der Waals surface area (Å²) in [4.78, 5) is 57.1. The van der Waals surface area contributed by atoms with Gasteiger partial charge in [0.2, 0.25) is 23.6 Å². The number of nitrogens with one attached hydrogen (secondary N) is 4. The maximum atomic E-state index is 12.9. The van der Waals surface area contributed by atoms with Crippen LogP contribution in [0.1, 0.15) is 89.4 Å². The van der Waals surface area contributed by atoms with Gasteiger partial charge in [0.1, 0.15) is 11.6 Å². The Morgan fingerprint density at radius 1 is 0.613 bits per heavy atom. The van der Waals surface area contributed by atoms with E-state index in [1.807, 2.05) is 33.9 Å². The summed E-state index contributed by atoms with van der Waals surface area (Å²) in [6, 6.07) is 3.71. The van der Waals surface area contributed by atoms with Crippen LogP contribution in [0.4, 0.5) is 11.6 Å². The maximum absolute atomic E-state index is 12.9. The molecular weight excluding hydrogens is 835 g/mol. The van der Waals surface area contributed by atoms with Gasteiger partial charge in [-0.15, -0.1) is 0 Å². The van der Waals surface area contributed by atoms with Gasteiger partial charge in [-0.3, -0.25) is 28.5 Å². The lowest BCUT2D eigenvalue weighted by Gasteiger charge is -2.28. The highest BCUT2D eigenvalue weighted by molar-refractivity contribution is 6.33. The summed E-state index contributed by atoms with van der Waals surface area (Å²) in [5, 5.41) is 21.8. The Labute approximate surface area is 371 Å². The number of aryl methyl sites for hydroxylation is 2. The van der Waals surface area contributed by atoms with E-state index in [0.29, 0.717) is 34.5 Å². The fourth-order valence-electron chi connectivity index (χ4n) is 9.23. The standard InChI is InChI=1S/2C22H28ClN5O3/c2*1-13(29)26-15-5-3-4-14(8-15)22(30)27-21-10-17(19(23)12-24-21)18-11-25-28-7-6-16(31-2)9-20(18)28/h2*10-12,14-16H,3-9H2,1-2H3,(H,26,29)(H,24,27,30)/t2*14-,15+,16?/m00/s1. The van der Waals surface area contributed by atoms with Crippen molar-refractivity contribution in [3.63, 3.8) is 0 Å². The summed E-state index contributed by atoms with van der Waals surface area (Å²) in [6.45, 7) is 4.62. The van der Waals surface area contributed by atoms with Crippen molar-refractivity contribution in [2.24, 2.45) is 11.8 Å². The number of methoxy groups -OCH3 is 2. The molecule has 0 radical (unpaired) electrons. The van der Waals surface area contributed by atoms with E-state index in [0.717, 1.165) is 111 Å². The molecule has 8 rings (SSSR count). The van der Waals surface area contributed by atoms with Crippen LogP contribution in [-0.4, -0.2) is 91.7 Å². The number of nitrogens with zero attached hydrogens (tertiary/aromatic N) is 6. The van der Waals surface area contributed by atoms with Crippen LogP contribution in [0.25, 0.3) is 22.3 Å². The topological polar surface area (TPSA) is 196 Å². The number of hydrogen-bond donors (Lipinski definition) is 4. The number of ether oxygens (including phenoxy) is 2. The second-order valence-corrected chi connectivity index (χ2v) is 17.6. The SMILES string of the molecule is COC1CCn2ncc(-c3cc(NC(=O)[C@H]4CCC[C@@H](NC(C)=O)C4)ncc3Cl)c2C1.COC1CCn2ncc(-c3cc(NC(=O)[C@H]4CCC[C@@H](NC(C)=O)C4)ncc3Cl)c2C1. The zero-order chi connectivity index (χ0) is 43.9. The van der Waals surface area contributed by atoms with Crippen molar-refractivity contribution in [2.45, 2.75) is 128 Å². The first-order valence-corrected chi connectivity index (χ1v) is 22.3. The average Bonchev–Trinajstić information content (AvgIpc) is 3.88. The van der Waals surface area contributed by atoms with E-state index in [2.05, 4.69) is 41.4 Å². The Kier molecular flexibility index (Phi) is 14.9. The number of amides is 4. The highest BCUT2D eigenvalue weighted by Gasteiger charge is 2.31. The normalized spacial score (nSPS) is 23.1. The molecule has 4 amide bonds. The summed E-state index contributed by atoms with van der Waals surface area (Å²) in [6.07, 6.45) is 17.0. The van der Waals surface area contributed by atoms with Gasteiger partial charge in [-0.2, -0.15) is 10.2 Å². The number of anilines is 2. The zero-order valence-corrected chi connectivity index (χ0v) is 37.2. The Bertz CT molecular complexity index is 2110. The van der Waals surface area contributed by atoms with Crippen molar-refractivity contribution in [2.75, 3.05) is 24.9 Å². The molecule has 16 nitrogen and oxygen atoms in total. The van der Waals surface area contributed by atoms with E-state index in [4.69, 9.17) is 32.7 Å². The van der Waals surface area contributed by atoms with Crippen molar-refractivity contribution in [1.82, 2.24) is 40.2 Å². The lowest BCUT2D eigenvalue weighted by Crippen LogP contribution is -2.40. The third-order valence-electron chi connectivity index (χ3n) is 12.4. The maximum Gasteiger partial charge on any atom is 0.228 e. The van der Waals surface area contributed by atoms with Crippen molar-refractivity contribution in [1.29, 1.82) is 0 Å². The largest absolute Gasteiger partial charge is 0.381 e. The first kappa shape index (κ1) is 45.1. The minimum absolute atomic E-state index is 0.0448. The fourth-order valence-corrected chi connectivity index (χ4v) is 9.64. The number of rotatable bonds is 10. The Balaban J connectivity index is 0.000000186. The van der Waals surface area contributed by atoms with Crippen LogP contribution >= 0.6 is 23.2 Å². The molecule has 62 heavy (non-hydrogen) atoms. The Morgan fingerprint density at radius 2 is 1.03 bits per heavy atom. The van der Waals surface area contributed by atoms with Crippen LogP contribution in [0.2, 0.25) is 10.0 Å². The minimum Gasteiger partial charge on any atom is -0.381 e. The molecule has 2 aliphatic carbocycles. The van der Waals surface area contributed by atoms with E-state index in [9.17, 15) is 19.2 Å². The smallest absolute Gasteiger partial charge is 0.228 e. The summed E-state index contributed by atoms with van der Waals surface area (Å²) in [5.41, 5.74) is 5.62. The van der Waals surface area contributed by atoms with Crippen molar-refractivity contribution in [3.8, 4) is 22.3 Å². The second-order valence-electron chi connectivity index (χ2n) is 16.8. The predicted molar refractivity (Wildman–Crippen MR) is 236 cm³/mol. The predicted octanol–water partition coefficient (Wildman–Crippen LogP) is 6.39. The molecule has 6 heterocycles. The van der Waals surface area contributed by atoms with Crippen LogP contribution in [-0.2, 0) is 54.6 Å². The van der Waals surface area contributed by atoms with Gasteiger partial charge >= 0.3 is 0 Å². The van der Waals surface area contributed by atoms with E-state index < -0.39 is 0 Å². The molecule has 4 N–H and O–H groups in total. The molecule has 4 aromatic heterocycles. The third kappa shape index (κ3) is 11.0. The molecule has 2 aliphatic heterocycles. The van der Waals surface area contributed by atoms with Gasteiger partial charge in [0.25, 0.3) is 0 Å². The second kappa shape index (κ2) is 20.5. The van der Waals surface area contributed by atoms with Gasteiger partial charge < -0.3 is 30.7 Å². The van der Waals surface area contributed by atoms with Crippen molar-refractivity contribution < 1.29 is 28.7 Å². The summed E-state index contributed by atoms with van der Waals surface area (Å²) < 4.78 is 15.1. The molecule has 18 heteroatoms. The number of pyridine rings is 2. The third-order valence-corrected chi connectivity index (χ3v) is 13.0. The lowest BCUT2D eigenvalue weighted by atomic mass is 9.85. The molecule has 332 valence electrons. The minimum atomic E-state index is -0.155. The monoisotopic (exact) mass is 890 g/mol. The zero-order valence-electron chi connectivity index (χ0n) is 35.7. The van der Waals surface area contributed by atoms with Gasteiger partial charge in [0.15, 0.2) is 0 Å². The molecule has 2 saturated carbocycles. The summed E-state index contributed by atoms with van der Waals surface area (Å²) in [5.74, 6) is 0.344. The van der Waals surface area contributed by atoms with Gasteiger partial charge in [0.05, 0.1) is 34.6 Å². The molecule has 4 aromatic rings. The quantitative estimate of drug-likeness (QED) is 0.139. The Morgan fingerprint density at radius 3 is 1.42 bits per heavy atom. The molecule has 0 spiro atoms. The first-order valence-electron chi connectivity index (χ1n) is 21.5. The molecular formula is C44H56Cl2N10O6.